The van der Waals surface area contributed by atoms with Crippen LogP contribution in [0.5, 0.6) is 23.0 Å². The van der Waals surface area contributed by atoms with Crippen LogP contribution in [-0.2, 0) is 16.1 Å². The molecule has 0 fully saturated rings. The zero-order valence-corrected chi connectivity index (χ0v) is 18.3. The molecule has 0 N–H and O–H groups in total. The Morgan fingerprint density at radius 1 is 1.03 bits per heavy atom. The Hall–Kier alpha value is -4.01. The second kappa shape index (κ2) is 10.9. The summed E-state index contributed by atoms with van der Waals surface area (Å²) in [4.78, 5) is 16.4. The molecule has 0 saturated carbocycles. The third-order valence-electron chi connectivity index (χ3n) is 4.33. The molecule has 3 aromatic rings. The summed E-state index contributed by atoms with van der Waals surface area (Å²) < 4.78 is 31.8. The van der Waals surface area contributed by atoms with E-state index in [2.05, 4.69) is 10.1 Å². The lowest BCUT2D eigenvalue weighted by Crippen LogP contribution is -2.01. The fraction of sp³-hybridized carbons (Fsp3) is 0.261. The van der Waals surface area contributed by atoms with Crippen LogP contribution in [0.3, 0.4) is 0 Å². The van der Waals surface area contributed by atoms with Crippen molar-refractivity contribution in [2.45, 2.75) is 13.5 Å². The van der Waals surface area contributed by atoms with Crippen LogP contribution < -0.4 is 18.9 Å². The smallest absolute Gasteiger partial charge is 0.331 e. The first-order chi connectivity index (χ1) is 15.6. The maximum absolute atomic E-state index is 12.1. The number of para-hydroxylation sites is 1. The van der Waals surface area contributed by atoms with E-state index in [0.717, 1.165) is 0 Å². The highest BCUT2D eigenvalue weighted by Gasteiger charge is 2.15. The molecule has 0 saturated heterocycles. The minimum Gasteiger partial charge on any atom is -0.493 e. The number of benzene rings is 2. The van der Waals surface area contributed by atoms with Crippen molar-refractivity contribution in [2.75, 3.05) is 27.9 Å². The third-order valence-corrected chi connectivity index (χ3v) is 4.33. The van der Waals surface area contributed by atoms with Gasteiger partial charge in [-0.05, 0) is 42.8 Å². The topological polar surface area (TPSA) is 102 Å². The van der Waals surface area contributed by atoms with Gasteiger partial charge in [-0.1, -0.05) is 17.3 Å². The van der Waals surface area contributed by atoms with Gasteiger partial charge in [0.15, 0.2) is 18.1 Å². The number of aromatic nitrogens is 2. The van der Waals surface area contributed by atoms with E-state index in [4.69, 9.17) is 28.2 Å². The first kappa shape index (κ1) is 22.7. The molecule has 9 nitrogen and oxygen atoms in total. The third kappa shape index (κ3) is 5.37. The summed E-state index contributed by atoms with van der Waals surface area (Å²) in [6, 6.07) is 10.8. The summed E-state index contributed by atoms with van der Waals surface area (Å²) in [5.74, 6) is 2.01. The maximum Gasteiger partial charge on any atom is 0.331 e. The highest BCUT2D eigenvalue weighted by Crippen LogP contribution is 2.38. The largest absolute Gasteiger partial charge is 0.493 e. The molecule has 0 bridgehead atoms. The van der Waals surface area contributed by atoms with Crippen LogP contribution in [0.4, 0.5) is 0 Å². The summed E-state index contributed by atoms with van der Waals surface area (Å²) in [6.45, 7) is 2.24. The van der Waals surface area contributed by atoms with Gasteiger partial charge in [-0.15, -0.1) is 0 Å². The van der Waals surface area contributed by atoms with E-state index in [1.165, 1.54) is 27.4 Å². The van der Waals surface area contributed by atoms with E-state index in [-0.39, 0.29) is 12.5 Å². The number of carbonyl (C=O) groups is 1. The molecule has 1 heterocycles. The molecule has 32 heavy (non-hydrogen) atoms. The van der Waals surface area contributed by atoms with E-state index < -0.39 is 5.97 Å². The van der Waals surface area contributed by atoms with Gasteiger partial charge in [0.25, 0.3) is 5.89 Å². The predicted molar refractivity (Wildman–Crippen MR) is 116 cm³/mol. The maximum atomic E-state index is 12.1. The summed E-state index contributed by atoms with van der Waals surface area (Å²) in [6.07, 6.45) is 2.85. The molecule has 0 aliphatic carbocycles. The first-order valence-electron chi connectivity index (χ1n) is 9.79. The monoisotopic (exact) mass is 440 g/mol. The van der Waals surface area contributed by atoms with Gasteiger partial charge < -0.3 is 28.2 Å². The molecule has 2 aromatic carbocycles. The van der Waals surface area contributed by atoms with Crippen molar-refractivity contribution in [1.82, 2.24) is 10.1 Å². The number of carbonyl (C=O) groups excluding carboxylic acids is 1. The van der Waals surface area contributed by atoms with Crippen molar-refractivity contribution in [1.29, 1.82) is 0 Å². The van der Waals surface area contributed by atoms with Gasteiger partial charge in [0.05, 0.1) is 33.5 Å². The van der Waals surface area contributed by atoms with Gasteiger partial charge in [0, 0.05) is 6.08 Å². The number of ether oxygens (including phenoxy) is 5. The summed E-state index contributed by atoms with van der Waals surface area (Å²) >= 11 is 0. The van der Waals surface area contributed by atoms with Crippen molar-refractivity contribution in [3.05, 3.63) is 53.9 Å². The number of rotatable bonds is 10. The van der Waals surface area contributed by atoms with Crippen LogP contribution in [0.15, 0.2) is 47.0 Å². The number of methoxy groups -OCH3 is 3. The van der Waals surface area contributed by atoms with Gasteiger partial charge in [-0.3, -0.25) is 0 Å². The quantitative estimate of drug-likeness (QED) is 0.343. The lowest BCUT2D eigenvalue weighted by atomic mass is 10.1. The Kier molecular flexibility index (Phi) is 7.69. The van der Waals surface area contributed by atoms with Crippen LogP contribution in [0, 0.1) is 0 Å². The van der Waals surface area contributed by atoms with Crippen molar-refractivity contribution >= 4 is 12.0 Å². The molecular weight excluding hydrogens is 416 g/mol. The molecule has 9 heteroatoms. The van der Waals surface area contributed by atoms with Crippen LogP contribution in [0.25, 0.3) is 17.5 Å². The number of hydrogen-bond donors (Lipinski definition) is 0. The fourth-order valence-corrected chi connectivity index (χ4v) is 2.90. The molecule has 0 unspecified atom stereocenters. The minimum absolute atomic E-state index is 0.164. The van der Waals surface area contributed by atoms with Gasteiger partial charge >= 0.3 is 5.97 Å². The lowest BCUT2D eigenvalue weighted by Gasteiger charge is -2.12. The lowest BCUT2D eigenvalue weighted by molar-refractivity contribution is -0.139. The number of hydrogen-bond acceptors (Lipinski definition) is 9. The molecule has 0 spiro atoms. The average Bonchev–Trinajstić information content (AvgIpc) is 3.30. The number of esters is 1. The molecule has 168 valence electrons. The Balaban J connectivity index is 1.64. The Morgan fingerprint density at radius 2 is 1.75 bits per heavy atom. The SMILES string of the molecule is CCOc1ccccc1-c1noc(COC(=O)/C=C/c2cc(OC)c(OC)c(OC)c2)n1. The molecule has 0 radical (unpaired) electrons. The standard InChI is InChI=1S/C23H24N2O7/c1-5-30-17-9-7-6-8-16(17)23-24-20(32-25-23)14-31-21(26)11-10-15-12-18(27-2)22(29-4)19(13-15)28-3/h6-13H,5,14H2,1-4H3/b11-10+. The van der Waals surface area contributed by atoms with Crippen LogP contribution in [-0.4, -0.2) is 44.0 Å². The van der Waals surface area contributed by atoms with Crippen LogP contribution in [0.2, 0.25) is 0 Å². The molecule has 1 aromatic heterocycles. The van der Waals surface area contributed by atoms with E-state index in [1.54, 1.807) is 18.2 Å². The zero-order chi connectivity index (χ0) is 22.9. The Bertz CT molecular complexity index is 1070. The Labute approximate surface area is 185 Å². The van der Waals surface area contributed by atoms with Gasteiger partial charge in [0.2, 0.25) is 11.6 Å². The average molecular weight is 440 g/mol. The minimum atomic E-state index is -0.576. The molecule has 0 atom stereocenters. The van der Waals surface area contributed by atoms with Crippen molar-refractivity contribution in [2.24, 2.45) is 0 Å². The fourth-order valence-electron chi connectivity index (χ4n) is 2.90. The molecular formula is C23H24N2O7. The second-order valence-electron chi connectivity index (χ2n) is 6.34. The Morgan fingerprint density at radius 3 is 2.41 bits per heavy atom. The van der Waals surface area contributed by atoms with Crippen LogP contribution >= 0.6 is 0 Å². The van der Waals surface area contributed by atoms with Gasteiger partial charge in [-0.25, -0.2) is 4.79 Å². The van der Waals surface area contributed by atoms with Gasteiger partial charge in [0.1, 0.15) is 5.75 Å². The van der Waals surface area contributed by atoms with E-state index in [9.17, 15) is 4.79 Å². The summed E-state index contributed by atoms with van der Waals surface area (Å²) in [7, 11) is 4.56. The molecule has 0 aliphatic rings. The highest BCUT2D eigenvalue weighted by atomic mass is 16.6. The van der Waals surface area contributed by atoms with Crippen molar-refractivity contribution < 1.29 is 33.0 Å². The van der Waals surface area contributed by atoms with Crippen molar-refractivity contribution in [3.63, 3.8) is 0 Å². The van der Waals surface area contributed by atoms with E-state index in [0.29, 0.717) is 46.6 Å². The summed E-state index contributed by atoms with van der Waals surface area (Å²) in [5, 5.41) is 3.94. The first-order valence-corrected chi connectivity index (χ1v) is 9.79. The number of nitrogens with zero attached hydrogens (tertiary/aromatic N) is 2. The highest BCUT2D eigenvalue weighted by molar-refractivity contribution is 5.87. The molecule has 0 aliphatic heterocycles. The second-order valence-corrected chi connectivity index (χ2v) is 6.34. The van der Waals surface area contributed by atoms with Gasteiger partial charge in [-0.2, -0.15) is 4.98 Å². The predicted octanol–water partition coefficient (Wildman–Crippen LogP) is 3.92. The van der Waals surface area contributed by atoms with Crippen molar-refractivity contribution in [3.8, 4) is 34.4 Å². The van der Waals surface area contributed by atoms with Crippen LogP contribution in [0.1, 0.15) is 18.4 Å². The van der Waals surface area contributed by atoms with E-state index in [1.807, 2.05) is 31.2 Å². The normalized spacial score (nSPS) is 10.8. The van der Waals surface area contributed by atoms with E-state index >= 15 is 0 Å². The molecule has 0 amide bonds. The summed E-state index contributed by atoms with van der Waals surface area (Å²) in [5.41, 5.74) is 1.36. The zero-order valence-electron chi connectivity index (χ0n) is 18.3. The molecule has 3 rings (SSSR count).